The molecule has 0 atom stereocenters. The smallest absolute Gasteiger partial charge is 0.269 e. The minimum Gasteiger partial charge on any atom is -0.488 e. The minimum atomic E-state index is -0.0554. The average molecular weight is 435 g/mol. The highest BCUT2D eigenvalue weighted by Crippen LogP contribution is 2.26. The molecule has 0 saturated carbocycles. The van der Waals surface area contributed by atoms with Crippen LogP contribution in [0.3, 0.4) is 0 Å². The summed E-state index contributed by atoms with van der Waals surface area (Å²) in [5.74, 6) is 0.703. The van der Waals surface area contributed by atoms with Crippen LogP contribution in [0.4, 0.5) is 5.69 Å². The molecular weight excluding hydrogens is 416 g/mol. The van der Waals surface area contributed by atoms with Gasteiger partial charge in [-0.25, -0.2) is 10.4 Å². The predicted molar refractivity (Wildman–Crippen MR) is 115 cm³/mol. The van der Waals surface area contributed by atoms with Crippen molar-refractivity contribution in [3.05, 3.63) is 100 Å². The first kappa shape index (κ1) is 18.5. The van der Waals surface area contributed by atoms with Crippen molar-refractivity contribution in [2.45, 2.75) is 6.61 Å². The Bertz CT molecular complexity index is 1000. The van der Waals surface area contributed by atoms with Crippen LogP contribution >= 0.6 is 15.9 Å². The van der Waals surface area contributed by atoms with Gasteiger partial charge in [0.15, 0.2) is 0 Å². The summed E-state index contributed by atoms with van der Waals surface area (Å²) in [5, 5.41) is 1.58. The van der Waals surface area contributed by atoms with Gasteiger partial charge >= 0.3 is 0 Å². The number of ether oxygens (including phenoxy) is 1. The lowest BCUT2D eigenvalue weighted by Crippen LogP contribution is -2.33. The zero-order valence-corrected chi connectivity index (χ0v) is 16.7. The fourth-order valence-corrected chi connectivity index (χ4v) is 3.29. The van der Waals surface area contributed by atoms with E-state index in [-0.39, 0.29) is 5.91 Å². The topological polar surface area (TPSA) is 41.6 Å². The number of carbonyl (C=O) groups excluding carboxylic acids is 1. The summed E-state index contributed by atoms with van der Waals surface area (Å²) in [7, 11) is 0. The largest absolute Gasteiger partial charge is 0.488 e. The van der Waals surface area contributed by atoms with E-state index in [0.717, 1.165) is 27.0 Å². The Morgan fingerprint density at radius 3 is 2.46 bits per heavy atom. The summed E-state index contributed by atoms with van der Waals surface area (Å²) in [6.45, 7) is 0.958. The van der Waals surface area contributed by atoms with Crippen LogP contribution in [0.5, 0.6) is 5.75 Å². The quantitative estimate of drug-likeness (QED) is 0.576. The predicted octanol–water partition coefficient (Wildman–Crippen LogP) is 4.96. The van der Waals surface area contributed by atoms with Gasteiger partial charge in [-0.3, -0.25) is 4.79 Å². The van der Waals surface area contributed by atoms with Crippen LogP contribution in [0.2, 0.25) is 0 Å². The number of anilines is 1. The molecule has 1 heterocycles. The van der Waals surface area contributed by atoms with Crippen LogP contribution in [0, 0.1) is 0 Å². The number of halogens is 1. The van der Waals surface area contributed by atoms with Gasteiger partial charge in [-0.05, 0) is 42.0 Å². The average Bonchev–Trinajstić information content (AvgIpc) is 3.09. The molecule has 4 rings (SSSR count). The number of nitrogens with zero attached hydrogens (tertiary/aromatic N) is 1. The lowest BCUT2D eigenvalue weighted by Gasteiger charge is -2.15. The van der Waals surface area contributed by atoms with Gasteiger partial charge in [-0.2, -0.15) is 0 Å². The maximum atomic E-state index is 12.8. The fourth-order valence-electron chi connectivity index (χ4n) is 3.02. The number of rotatable bonds is 5. The van der Waals surface area contributed by atoms with Crippen molar-refractivity contribution in [1.82, 2.24) is 5.43 Å². The van der Waals surface area contributed by atoms with Gasteiger partial charge in [0.2, 0.25) is 0 Å². The second-order valence-corrected chi connectivity index (χ2v) is 7.35. The van der Waals surface area contributed by atoms with Crippen LogP contribution in [-0.2, 0) is 11.4 Å². The number of carbonyl (C=O) groups is 1. The molecule has 1 saturated heterocycles. The number of hydrazine groups is 1. The Hall–Kier alpha value is -2.89. The Morgan fingerprint density at radius 1 is 0.964 bits per heavy atom. The van der Waals surface area contributed by atoms with Crippen molar-refractivity contribution in [2.75, 3.05) is 11.6 Å². The lowest BCUT2D eigenvalue weighted by atomic mass is 10.1. The molecule has 4 nitrogen and oxygen atoms in total. The Balaban J connectivity index is 1.53. The van der Waals surface area contributed by atoms with E-state index >= 15 is 0 Å². The lowest BCUT2D eigenvalue weighted by molar-refractivity contribution is -0.114. The summed E-state index contributed by atoms with van der Waals surface area (Å²) in [4.78, 5) is 12.8. The van der Waals surface area contributed by atoms with E-state index < -0.39 is 0 Å². The zero-order chi connectivity index (χ0) is 19.3. The van der Waals surface area contributed by atoms with Gasteiger partial charge in [0.25, 0.3) is 5.91 Å². The molecule has 3 aromatic rings. The summed E-state index contributed by atoms with van der Waals surface area (Å²) in [5.41, 5.74) is 6.64. The van der Waals surface area contributed by atoms with Crippen LogP contribution in [0.1, 0.15) is 11.1 Å². The number of hydrogen-bond donors (Lipinski definition) is 1. The first-order chi connectivity index (χ1) is 13.7. The molecule has 0 unspecified atom stereocenters. The molecule has 5 heteroatoms. The number of amides is 1. The Morgan fingerprint density at radius 2 is 1.68 bits per heavy atom. The molecule has 1 aliphatic rings. The molecule has 0 bridgehead atoms. The van der Waals surface area contributed by atoms with Crippen LogP contribution in [0.15, 0.2) is 88.9 Å². The summed E-state index contributed by atoms with van der Waals surface area (Å²) in [6.07, 6.45) is 1.90. The van der Waals surface area contributed by atoms with Crippen molar-refractivity contribution < 1.29 is 9.53 Å². The SMILES string of the molecule is O=C1/C(=C\c2ccccc2OCc2ccccc2)CNN1c1ccc(Br)cc1. The molecule has 1 fully saturated rings. The first-order valence-corrected chi connectivity index (χ1v) is 9.80. The third-order valence-electron chi connectivity index (χ3n) is 4.48. The number of hydrogen-bond acceptors (Lipinski definition) is 3. The van der Waals surface area contributed by atoms with Crippen molar-refractivity contribution in [1.29, 1.82) is 0 Å². The monoisotopic (exact) mass is 434 g/mol. The Labute approximate surface area is 172 Å². The highest BCUT2D eigenvalue weighted by Gasteiger charge is 2.27. The number of nitrogens with one attached hydrogen (secondary N) is 1. The molecule has 140 valence electrons. The van der Waals surface area contributed by atoms with E-state index in [1.165, 1.54) is 0 Å². The van der Waals surface area contributed by atoms with Crippen molar-refractivity contribution >= 4 is 33.6 Å². The third-order valence-corrected chi connectivity index (χ3v) is 5.00. The first-order valence-electron chi connectivity index (χ1n) is 9.00. The summed E-state index contributed by atoms with van der Waals surface area (Å²) < 4.78 is 6.97. The van der Waals surface area contributed by atoms with E-state index in [1.54, 1.807) is 5.01 Å². The van der Waals surface area contributed by atoms with E-state index in [2.05, 4.69) is 21.4 Å². The van der Waals surface area contributed by atoms with E-state index in [0.29, 0.717) is 18.7 Å². The highest BCUT2D eigenvalue weighted by atomic mass is 79.9. The second-order valence-electron chi connectivity index (χ2n) is 6.43. The maximum absolute atomic E-state index is 12.8. The van der Waals surface area contributed by atoms with Crippen LogP contribution in [-0.4, -0.2) is 12.5 Å². The molecule has 3 aromatic carbocycles. The van der Waals surface area contributed by atoms with Gasteiger partial charge in [-0.15, -0.1) is 0 Å². The van der Waals surface area contributed by atoms with Gasteiger partial charge in [0, 0.05) is 22.2 Å². The second kappa shape index (κ2) is 8.42. The van der Waals surface area contributed by atoms with Crippen LogP contribution in [0.25, 0.3) is 6.08 Å². The van der Waals surface area contributed by atoms with E-state index in [9.17, 15) is 4.79 Å². The highest BCUT2D eigenvalue weighted by molar-refractivity contribution is 9.10. The molecule has 0 aromatic heterocycles. The standard InChI is InChI=1S/C23H19BrN2O2/c24-20-10-12-21(13-11-20)26-23(27)19(15-25-26)14-18-8-4-5-9-22(18)28-16-17-6-2-1-3-7-17/h1-14,25H,15-16H2/b19-14-. The summed E-state index contributed by atoms with van der Waals surface area (Å²) >= 11 is 3.42. The molecular formula is C23H19BrN2O2. The van der Waals surface area contributed by atoms with Gasteiger partial charge < -0.3 is 4.74 Å². The van der Waals surface area contributed by atoms with Gasteiger partial charge in [0.1, 0.15) is 12.4 Å². The summed E-state index contributed by atoms with van der Waals surface area (Å²) in [6, 6.07) is 25.4. The molecule has 1 amide bonds. The third kappa shape index (κ3) is 4.16. The minimum absolute atomic E-state index is 0.0554. The van der Waals surface area contributed by atoms with Crippen LogP contribution < -0.4 is 15.2 Å². The normalized spacial score (nSPS) is 15.2. The molecule has 28 heavy (non-hydrogen) atoms. The molecule has 0 radical (unpaired) electrons. The van der Waals surface area contributed by atoms with Gasteiger partial charge in [-0.1, -0.05) is 64.5 Å². The fraction of sp³-hybridized carbons (Fsp3) is 0.0870. The molecule has 1 aliphatic heterocycles. The molecule has 1 N–H and O–H groups in total. The maximum Gasteiger partial charge on any atom is 0.269 e. The van der Waals surface area contributed by atoms with E-state index in [1.807, 2.05) is 84.9 Å². The number of benzene rings is 3. The molecule has 0 spiro atoms. The van der Waals surface area contributed by atoms with Gasteiger partial charge in [0.05, 0.1) is 5.69 Å². The molecule has 0 aliphatic carbocycles. The number of para-hydroxylation sites is 1. The van der Waals surface area contributed by atoms with Crippen molar-refractivity contribution in [3.63, 3.8) is 0 Å². The van der Waals surface area contributed by atoms with Crippen molar-refractivity contribution in [3.8, 4) is 5.75 Å². The Kier molecular flexibility index (Phi) is 5.55. The van der Waals surface area contributed by atoms with E-state index in [4.69, 9.17) is 4.74 Å². The van der Waals surface area contributed by atoms with Crippen molar-refractivity contribution in [2.24, 2.45) is 0 Å². The zero-order valence-electron chi connectivity index (χ0n) is 15.1.